The molecule has 0 radical (unpaired) electrons. The van der Waals surface area contributed by atoms with Crippen LogP contribution in [-0.4, -0.2) is 16.9 Å². The first-order chi connectivity index (χ1) is 8.22. The number of hydrogen-bond acceptors (Lipinski definition) is 3. The summed E-state index contributed by atoms with van der Waals surface area (Å²) in [7, 11) is 3.56. The molecule has 1 fully saturated rings. The van der Waals surface area contributed by atoms with E-state index in [9.17, 15) is 0 Å². The molecule has 1 aromatic rings. The molecule has 0 aliphatic heterocycles. The van der Waals surface area contributed by atoms with Crippen molar-refractivity contribution in [1.29, 1.82) is 0 Å². The molecule has 1 unspecified atom stereocenters. The van der Waals surface area contributed by atoms with Crippen LogP contribution in [0.25, 0.3) is 0 Å². The van der Waals surface area contributed by atoms with Gasteiger partial charge in [-0.15, -0.1) is 0 Å². The Labute approximate surface area is 103 Å². The van der Waals surface area contributed by atoms with Gasteiger partial charge in [-0.1, -0.05) is 25.7 Å². The molecule has 4 nitrogen and oxygen atoms in total. The van der Waals surface area contributed by atoms with E-state index in [4.69, 9.17) is 10.5 Å². The van der Waals surface area contributed by atoms with Gasteiger partial charge in [0.05, 0.1) is 18.8 Å². The van der Waals surface area contributed by atoms with Crippen LogP contribution in [0.5, 0.6) is 5.88 Å². The maximum atomic E-state index is 6.34. The monoisotopic (exact) mass is 237 g/mol. The zero-order chi connectivity index (χ0) is 12.3. The van der Waals surface area contributed by atoms with Crippen molar-refractivity contribution in [1.82, 2.24) is 9.78 Å². The Hall–Kier alpha value is -1.03. The second-order valence-corrected chi connectivity index (χ2v) is 5.01. The number of rotatable bonds is 3. The molecule has 0 spiro atoms. The Morgan fingerprint density at radius 1 is 1.35 bits per heavy atom. The van der Waals surface area contributed by atoms with Gasteiger partial charge in [0.2, 0.25) is 5.88 Å². The molecule has 2 N–H and O–H groups in total. The van der Waals surface area contributed by atoms with Crippen LogP contribution >= 0.6 is 0 Å². The van der Waals surface area contributed by atoms with E-state index in [0.29, 0.717) is 5.92 Å². The van der Waals surface area contributed by atoms with Crippen molar-refractivity contribution in [3.8, 4) is 5.88 Å². The average Bonchev–Trinajstić information content (AvgIpc) is 2.56. The first kappa shape index (κ1) is 12.4. The molecular formula is C13H23N3O. The van der Waals surface area contributed by atoms with Gasteiger partial charge in [0.15, 0.2) is 0 Å². The van der Waals surface area contributed by atoms with Crippen molar-refractivity contribution in [3.63, 3.8) is 0 Å². The largest absolute Gasteiger partial charge is 0.481 e. The van der Waals surface area contributed by atoms with Crippen molar-refractivity contribution < 1.29 is 4.74 Å². The van der Waals surface area contributed by atoms with Gasteiger partial charge < -0.3 is 10.5 Å². The molecule has 1 atom stereocenters. The highest BCUT2D eigenvalue weighted by Crippen LogP contribution is 2.32. The first-order valence-electron chi connectivity index (χ1n) is 6.56. The third-order valence-corrected chi connectivity index (χ3v) is 3.81. The SMILES string of the molecule is COc1cc(C(N)C2CCCCCC2)nn1C. The number of aryl methyl sites for hydroxylation is 1. The van der Waals surface area contributed by atoms with Crippen molar-refractivity contribution >= 4 is 0 Å². The molecule has 1 aromatic heterocycles. The van der Waals surface area contributed by atoms with Gasteiger partial charge >= 0.3 is 0 Å². The Morgan fingerprint density at radius 3 is 2.53 bits per heavy atom. The van der Waals surface area contributed by atoms with Crippen LogP contribution < -0.4 is 10.5 Å². The quantitative estimate of drug-likeness (QED) is 0.821. The highest BCUT2D eigenvalue weighted by Gasteiger charge is 2.23. The fraction of sp³-hybridized carbons (Fsp3) is 0.769. The van der Waals surface area contributed by atoms with Gasteiger partial charge in [0.1, 0.15) is 0 Å². The number of nitrogens with two attached hydrogens (primary N) is 1. The molecule has 0 saturated heterocycles. The number of methoxy groups -OCH3 is 1. The lowest BCUT2D eigenvalue weighted by Gasteiger charge is -2.20. The van der Waals surface area contributed by atoms with Crippen molar-refractivity contribution in [2.75, 3.05) is 7.11 Å². The summed E-state index contributed by atoms with van der Waals surface area (Å²) in [6, 6.07) is 2.03. The lowest BCUT2D eigenvalue weighted by atomic mass is 9.90. The Balaban J connectivity index is 2.08. The Kier molecular flexibility index (Phi) is 4.05. The van der Waals surface area contributed by atoms with Gasteiger partial charge in [-0.3, -0.25) is 0 Å². The lowest BCUT2D eigenvalue weighted by molar-refractivity contribution is 0.369. The summed E-state index contributed by atoms with van der Waals surface area (Å²) in [5.41, 5.74) is 7.31. The highest BCUT2D eigenvalue weighted by molar-refractivity contribution is 5.19. The van der Waals surface area contributed by atoms with Gasteiger partial charge in [-0.2, -0.15) is 5.10 Å². The van der Waals surface area contributed by atoms with Crippen LogP contribution in [0.3, 0.4) is 0 Å². The molecule has 1 aliphatic rings. The van der Waals surface area contributed by atoms with Crippen molar-refractivity contribution in [2.45, 2.75) is 44.6 Å². The van der Waals surface area contributed by atoms with E-state index >= 15 is 0 Å². The number of aromatic nitrogens is 2. The fourth-order valence-electron chi connectivity index (χ4n) is 2.74. The molecule has 17 heavy (non-hydrogen) atoms. The maximum absolute atomic E-state index is 6.34. The normalized spacial score (nSPS) is 19.9. The minimum atomic E-state index is 0.0585. The standard InChI is InChI=1S/C13H23N3O/c1-16-12(17-2)9-11(15-16)13(14)10-7-5-3-4-6-8-10/h9-10,13H,3-8,14H2,1-2H3. The summed E-state index contributed by atoms with van der Waals surface area (Å²) in [4.78, 5) is 0. The predicted molar refractivity (Wildman–Crippen MR) is 67.9 cm³/mol. The van der Waals surface area contributed by atoms with Crippen LogP contribution in [0.2, 0.25) is 0 Å². The second kappa shape index (κ2) is 5.54. The topological polar surface area (TPSA) is 53.1 Å². The highest BCUT2D eigenvalue weighted by atomic mass is 16.5. The summed E-state index contributed by atoms with van der Waals surface area (Å²) in [5, 5.41) is 4.45. The van der Waals surface area contributed by atoms with E-state index < -0.39 is 0 Å². The van der Waals surface area contributed by atoms with Crippen LogP contribution in [0.4, 0.5) is 0 Å². The molecule has 1 heterocycles. The molecule has 0 amide bonds. The number of hydrogen-bond donors (Lipinski definition) is 1. The number of ether oxygens (including phenoxy) is 1. The zero-order valence-electron chi connectivity index (χ0n) is 10.9. The van der Waals surface area contributed by atoms with E-state index in [2.05, 4.69) is 5.10 Å². The van der Waals surface area contributed by atoms with Crippen LogP contribution in [-0.2, 0) is 7.05 Å². The summed E-state index contributed by atoms with van der Waals surface area (Å²) in [6.45, 7) is 0. The molecule has 0 aromatic carbocycles. The smallest absolute Gasteiger partial charge is 0.211 e. The van der Waals surface area contributed by atoms with E-state index in [0.717, 1.165) is 11.6 Å². The van der Waals surface area contributed by atoms with E-state index in [1.54, 1.807) is 11.8 Å². The van der Waals surface area contributed by atoms with Gasteiger partial charge in [0, 0.05) is 13.1 Å². The van der Waals surface area contributed by atoms with Crippen molar-refractivity contribution in [2.24, 2.45) is 18.7 Å². The fourth-order valence-corrected chi connectivity index (χ4v) is 2.74. The van der Waals surface area contributed by atoms with E-state index in [1.807, 2.05) is 13.1 Å². The predicted octanol–water partition coefficient (Wildman–Crippen LogP) is 2.40. The zero-order valence-corrected chi connectivity index (χ0v) is 10.9. The van der Waals surface area contributed by atoms with Crippen LogP contribution in [0, 0.1) is 5.92 Å². The maximum Gasteiger partial charge on any atom is 0.211 e. The molecule has 96 valence electrons. The van der Waals surface area contributed by atoms with Crippen molar-refractivity contribution in [3.05, 3.63) is 11.8 Å². The van der Waals surface area contributed by atoms with Gasteiger partial charge in [-0.25, -0.2) is 4.68 Å². The van der Waals surface area contributed by atoms with E-state index in [-0.39, 0.29) is 6.04 Å². The molecule has 1 saturated carbocycles. The minimum absolute atomic E-state index is 0.0585. The lowest BCUT2D eigenvalue weighted by Crippen LogP contribution is -2.21. The molecule has 0 bridgehead atoms. The third-order valence-electron chi connectivity index (χ3n) is 3.81. The minimum Gasteiger partial charge on any atom is -0.481 e. The van der Waals surface area contributed by atoms with Crippen LogP contribution in [0.1, 0.15) is 50.3 Å². The molecule has 4 heteroatoms. The first-order valence-corrected chi connectivity index (χ1v) is 6.56. The number of nitrogens with zero attached hydrogens (tertiary/aromatic N) is 2. The summed E-state index contributed by atoms with van der Waals surface area (Å²) in [6.07, 6.45) is 7.80. The van der Waals surface area contributed by atoms with E-state index in [1.165, 1.54) is 38.5 Å². The molecular weight excluding hydrogens is 214 g/mol. The average molecular weight is 237 g/mol. The summed E-state index contributed by atoms with van der Waals surface area (Å²) >= 11 is 0. The van der Waals surface area contributed by atoms with Gasteiger partial charge in [0.25, 0.3) is 0 Å². The Morgan fingerprint density at radius 2 is 2.00 bits per heavy atom. The molecule has 1 aliphatic carbocycles. The Bertz CT molecular complexity index is 354. The second-order valence-electron chi connectivity index (χ2n) is 5.01. The third kappa shape index (κ3) is 2.80. The summed E-state index contributed by atoms with van der Waals surface area (Å²) in [5.74, 6) is 1.36. The van der Waals surface area contributed by atoms with Gasteiger partial charge in [-0.05, 0) is 18.8 Å². The van der Waals surface area contributed by atoms with Crippen LogP contribution in [0.15, 0.2) is 6.07 Å². The summed E-state index contributed by atoms with van der Waals surface area (Å²) < 4.78 is 6.99. The molecule has 2 rings (SSSR count).